The third kappa shape index (κ3) is 6.47. The van der Waals surface area contributed by atoms with Crippen LogP contribution in [-0.4, -0.2) is 41.1 Å². The first kappa shape index (κ1) is 23.7. The first-order valence-corrected chi connectivity index (χ1v) is 10.0. The van der Waals surface area contributed by atoms with Crippen LogP contribution >= 0.6 is 0 Å². The Morgan fingerprint density at radius 3 is 2.42 bits per heavy atom. The zero-order chi connectivity index (χ0) is 23.0. The number of aryl methyl sites for hydroxylation is 1. The molecule has 8 nitrogen and oxygen atoms in total. The molecule has 0 unspecified atom stereocenters. The smallest absolute Gasteiger partial charge is 0.394 e. The zero-order valence-electron chi connectivity index (χ0n) is 17.9. The molecule has 2 rings (SSSR count). The Kier molecular flexibility index (Phi) is 8.43. The maximum absolute atomic E-state index is 11.6. The summed E-state index contributed by atoms with van der Waals surface area (Å²) in [7, 11) is 0. The van der Waals surface area contributed by atoms with Crippen molar-refractivity contribution < 1.29 is 34.1 Å². The summed E-state index contributed by atoms with van der Waals surface area (Å²) in [6, 6.07) is 8.26. The lowest BCUT2D eigenvalue weighted by molar-refractivity contribution is -0.147. The number of aromatic hydroxyl groups is 1. The van der Waals surface area contributed by atoms with Crippen molar-refractivity contribution in [2.45, 2.75) is 40.0 Å². The molecule has 8 heteroatoms. The molecule has 0 spiro atoms. The van der Waals surface area contributed by atoms with Crippen molar-refractivity contribution in [2.75, 3.05) is 18.5 Å². The monoisotopic (exact) mass is 429 g/mol. The average molecular weight is 429 g/mol. The van der Waals surface area contributed by atoms with Crippen LogP contribution in [0.2, 0.25) is 0 Å². The number of carboxylic acid groups (broad SMARTS) is 1. The molecule has 0 radical (unpaired) electrons. The SMILES string of the molecule is CCCc1c(OCCCOc2ccc(C)c(NC(=O)C(=O)O)c2)ccc(C(C)=O)c1O. The van der Waals surface area contributed by atoms with Gasteiger partial charge in [0.25, 0.3) is 0 Å². The molecule has 1 amide bonds. The topological polar surface area (TPSA) is 122 Å². The Hall–Kier alpha value is -3.55. The van der Waals surface area contributed by atoms with Crippen LogP contribution in [0.3, 0.4) is 0 Å². The highest BCUT2D eigenvalue weighted by Crippen LogP contribution is 2.33. The number of aliphatic carboxylic acids is 1. The van der Waals surface area contributed by atoms with Crippen LogP contribution in [0.1, 0.15) is 48.2 Å². The van der Waals surface area contributed by atoms with Crippen LogP contribution in [0.4, 0.5) is 5.69 Å². The van der Waals surface area contributed by atoms with E-state index in [2.05, 4.69) is 5.32 Å². The van der Waals surface area contributed by atoms with Gasteiger partial charge < -0.3 is 25.0 Å². The standard InChI is InChI=1S/C23H27NO7/c1-4-6-18-20(10-9-17(15(3)25)21(18)26)31-12-5-11-30-16-8-7-14(2)19(13-16)24-22(27)23(28)29/h7-10,13,26H,4-6,11-12H2,1-3H3,(H,24,27)(H,28,29). The Morgan fingerprint density at radius 1 is 1.06 bits per heavy atom. The summed E-state index contributed by atoms with van der Waals surface area (Å²) in [5.41, 5.74) is 1.98. The van der Waals surface area contributed by atoms with E-state index in [1.54, 1.807) is 37.3 Å². The van der Waals surface area contributed by atoms with Crippen molar-refractivity contribution in [1.82, 2.24) is 0 Å². The van der Waals surface area contributed by atoms with Gasteiger partial charge in [-0.05, 0) is 44.0 Å². The van der Waals surface area contributed by atoms with E-state index in [4.69, 9.17) is 14.6 Å². The fourth-order valence-electron chi connectivity index (χ4n) is 2.96. The summed E-state index contributed by atoms with van der Waals surface area (Å²) < 4.78 is 11.5. The number of benzene rings is 2. The molecule has 0 saturated carbocycles. The van der Waals surface area contributed by atoms with Gasteiger partial charge in [0.15, 0.2) is 5.78 Å². The highest BCUT2D eigenvalue weighted by molar-refractivity contribution is 6.36. The molecule has 31 heavy (non-hydrogen) atoms. The van der Waals surface area contributed by atoms with Gasteiger partial charge in [-0.2, -0.15) is 0 Å². The molecule has 0 bridgehead atoms. The number of amides is 1. The van der Waals surface area contributed by atoms with Crippen molar-refractivity contribution in [1.29, 1.82) is 0 Å². The van der Waals surface area contributed by atoms with Crippen molar-refractivity contribution in [3.8, 4) is 17.2 Å². The van der Waals surface area contributed by atoms with Crippen LogP contribution in [0.25, 0.3) is 0 Å². The van der Waals surface area contributed by atoms with Crippen LogP contribution in [0, 0.1) is 6.92 Å². The molecule has 0 fully saturated rings. The fraction of sp³-hybridized carbons (Fsp3) is 0.348. The maximum Gasteiger partial charge on any atom is 0.394 e. The van der Waals surface area contributed by atoms with Gasteiger partial charge in [0.05, 0.1) is 18.8 Å². The number of hydrogen-bond donors (Lipinski definition) is 3. The number of Topliss-reactive ketones (excluding diaryl/α,β-unsaturated/α-hetero) is 1. The normalized spacial score (nSPS) is 10.4. The second-order valence-corrected chi connectivity index (χ2v) is 7.03. The van der Waals surface area contributed by atoms with E-state index in [-0.39, 0.29) is 17.1 Å². The van der Waals surface area contributed by atoms with Gasteiger partial charge in [-0.15, -0.1) is 0 Å². The van der Waals surface area contributed by atoms with Crippen LogP contribution in [0.15, 0.2) is 30.3 Å². The molecule has 166 valence electrons. The Morgan fingerprint density at radius 2 is 1.77 bits per heavy atom. The predicted molar refractivity (Wildman–Crippen MR) is 115 cm³/mol. The number of ketones is 1. The van der Waals surface area contributed by atoms with E-state index < -0.39 is 11.9 Å². The first-order chi connectivity index (χ1) is 14.7. The summed E-state index contributed by atoms with van der Waals surface area (Å²) in [5, 5.41) is 21.4. The van der Waals surface area contributed by atoms with E-state index in [1.807, 2.05) is 6.92 Å². The van der Waals surface area contributed by atoms with Crippen LogP contribution in [0.5, 0.6) is 17.2 Å². The molecule has 2 aromatic rings. The minimum absolute atomic E-state index is 0.0290. The van der Waals surface area contributed by atoms with Gasteiger partial charge in [-0.3, -0.25) is 9.59 Å². The van der Waals surface area contributed by atoms with Gasteiger partial charge in [0.2, 0.25) is 0 Å². The molecule has 0 aliphatic heterocycles. The number of nitrogens with one attached hydrogen (secondary N) is 1. The third-order valence-electron chi connectivity index (χ3n) is 4.59. The van der Waals surface area contributed by atoms with Crippen molar-refractivity contribution in [3.05, 3.63) is 47.0 Å². The van der Waals surface area contributed by atoms with E-state index in [0.717, 1.165) is 6.42 Å². The maximum atomic E-state index is 11.6. The molecule has 3 N–H and O–H groups in total. The Balaban J connectivity index is 1.93. The number of carboxylic acids is 1. The number of anilines is 1. The number of ether oxygens (including phenoxy) is 2. The van der Waals surface area contributed by atoms with Gasteiger partial charge >= 0.3 is 11.9 Å². The Labute approximate surface area is 180 Å². The lowest BCUT2D eigenvalue weighted by Crippen LogP contribution is -2.22. The quantitative estimate of drug-likeness (QED) is 0.299. The summed E-state index contributed by atoms with van der Waals surface area (Å²) in [6.45, 7) is 5.80. The number of carbonyl (C=O) groups excluding carboxylic acids is 2. The van der Waals surface area contributed by atoms with E-state index in [0.29, 0.717) is 54.4 Å². The number of rotatable bonds is 10. The highest BCUT2D eigenvalue weighted by Gasteiger charge is 2.16. The van der Waals surface area contributed by atoms with Gasteiger partial charge in [-0.25, -0.2) is 4.79 Å². The van der Waals surface area contributed by atoms with Crippen molar-refractivity contribution in [3.63, 3.8) is 0 Å². The molecule has 0 aromatic heterocycles. The minimum Gasteiger partial charge on any atom is -0.507 e. The van der Waals surface area contributed by atoms with Crippen LogP contribution < -0.4 is 14.8 Å². The molecule has 0 heterocycles. The molecule has 0 aliphatic carbocycles. The van der Waals surface area contributed by atoms with Crippen molar-refractivity contribution in [2.24, 2.45) is 0 Å². The predicted octanol–water partition coefficient (Wildman–Crippen LogP) is 3.73. The Bertz CT molecular complexity index is 969. The number of phenolic OH excluding ortho intramolecular Hbond substituents is 1. The van der Waals surface area contributed by atoms with Gasteiger partial charge in [0, 0.05) is 23.7 Å². The molecule has 0 atom stereocenters. The number of phenols is 1. The second kappa shape index (κ2) is 11.0. The van der Waals surface area contributed by atoms with Gasteiger partial charge in [-0.1, -0.05) is 19.4 Å². The largest absolute Gasteiger partial charge is 0.507 e. The lowest BCUT2D eigenvalue weighted by atomic mass is 10.0. The molecule has 2 aromatic carbocycles. The minimum atomic E-state index is -1.56. The second-order valence-electron chi connectivity index (χ2n) is 7.03. The van der Waals surface area contributed by atoms with Crippen molar-refractivity contribution >= 4 is 23.3 Å². The zero-order valence-corrected chi connectivity index (χ0v) is 17.9. The van der Waals surface area contributed by atoms with E-state index in [9.17, 15) is 19.5 Å². The van der Waals surface area contributed by atoms with E-state index in [1.165, 1.54) is 6.92 Å². The summed E-state index contributed by atoms with van der Waals surface area (Å²) >= 11 is 0. The van der Waals surface area contributed by atoms with E-state index >= 15 is 0 Å². The summed E-state index contributed by atoms with van der Waals surface area (Å²) in [4.78, 5) is 33.7. The van der Waals surface area contributed by atoms with Crippen LogP contribution in [-0.2, 0) is 16.0 Å². The highest BCUT2D eigenvalue weighted by atomic mass is 16.5. The average Bonchev–Trinajstić information content (AvgIpc) is 2.72. The number of carbonyl (C=O) groups is 3. The third-order valence-corrected chi connectivity index (χ3v) is 4.59. The molecular formula is C23H27NO7. The molecule has 0 saturated heterocycles. The summed E-state index contributed by atoms with van der Waals surface area (Å²) in [5.74, 6) is -1.88. The summed E-state index contributed by atoms with van der Waals surface area (Å²) in [6.07, 6.45) is 1.93. The molecular weight excluding hydrogens is 402 g/mol. The number of hydrogen-bond acceptors (Lipinski definition) is 6. The van der Waals surface area contributed by atoms with Gasteiger partial charge in [0.1, 0.15) is 17.2 Å². The lowest BCUT2D eigenvalue weighted by Gasteiger charge is -2.15. The molecule has 0 aliphatic rings. The fourth-order valence-corrected chi connectivity index (χ4v) is 2.96. The first-order valence-electron chi connectivity index (χ1n) is 10.0.